The molecule has 0 heterocycles. The maximum absolute atomic E-state index is 12.9. The minimum Gasteiger partial charge on any atom is -0.323 e. The third-order valence-corrected chi connectivity index (χ3v) is 3.87. The van der Waals surface area contributed by atoms with Gasteiger partial charge in [0.25, 0.3) is 0 Å². The zero-order valence-corrected chi connectivity index (χ0v) is 12.4. The first-order valence-corrected chi connectivity index (χ1v) is 7.34. The molecule has 1 aromatic carbocycles. The predicted octanol–water partition coefficient (Wildman–Crippen LogP) is 3.58. The average molecular weight is 266 g/mol. The molecule has 0 aromatic heterocycles. The second-order valence-corrected chi connectivity index (χ2v) is 5.19. The van der Waals surface area contributed by atoms with Gasteiger partial charge in [-0.2, -0.15) is 0 Å². The number of hydrogen-bond donors (Lipinski definition) is 1. The van der Waals surface area contributed by atoms with Crippen LogP contribution in [-0.2, 0) is 0 Å². The van der Waals surface area contributed by atoms with Gasteiger partial charge in [-0.05, 0) is 30.2 Å². The lowest BCUT2D eigenvalue weighted by atomic mass is 10.0. The van der Waals surface area contributed by atoms with Gasteiger partial charge in [0.2, 0.25) is 0 Å². The Hall–Kier alpha value is -0.930. The van der Waals surface area contributed by atoms with Gasteiger partial charge in [-0.1, -0.05) is 45.7 Å². The molecule has 2 N–H and O–H groups in total. The van der Waals surface area contributed by atoms with E-state index >= 15 is 0 Å². The van der Waals surface area contributed by atoms with E-state index in [-0.39, 0.29) is 11.9 Å². The molecule has 0 aliphatic rings. The van der Waals surface area contributed by atoms with Gasteiger partial charge in [0, 0.05) is 19.1 Å². The summed E-state index contributed by atoms with van der Waals surface area (Å²) in [5, 5.41) is 0. The molecule has 0 radical (unpaired) electrons. The molecule has 0 amide bonds. The lowest BCUT2D eigenvalue weighted by molar-refractivity contribution is 0.222. The van der Waals surface area contributed by atoms with Crippen LogP contribution in [-0.4, -0.2) is 24.5 Å². The molecule has 1 unspecified atom stereocenters. The monoisotopic (exact) mass is 266 g/mol. The molecule has 19 heavy (non-hydrogen) atoms. The Morgan fingerprint density at radius 3 is 2.11 bits per heavy atom. The molecule has 0 bridgehead atoms. The lowest BCUT2D eigenvalue weighted by Gasteiger charge is -2.28. The van der Waals surface area contributed by atoms with Crippen molar-refractivity contribution in [1.29, 1.82) is 0 Å². The Balaban J connectivity index is 2.57. The van der Waals surface area contributed by atoms with Crippen LogP contribution in [0.2, 0.25) is 0 Å². The van der Waals surface area contributed by atoms with Crippen LogP contribution in [0.4, 0.5) is 4.39 Å². The van der Waals surface area contributed by atoms with Crippen LogP contribution in [0.3, 0.4) is 0 Å². The van der Waals surface area contributed by atoms with Gasteiger partial charge in [0.15, 0.2) is 0 Å². The van der Waals surface area contributed by atoms with E-state index in [9.17, 15) is 4.39 Å². The van der Waals surface area contributed by atoms with Crippen LogP contribution < -0.4 is 5.73 Å². The summed E-state index contributed by atoms with van der Waals surface area (Å²) in [6.07, 6.45) is 2.41. The third kappa shape index (κ3) is 5.29. The first-order chi connectivity index (χ1) is 9.10. The Kier molecular flexibility index (Phi) is 7.03. The minimum atomic E-state index is -0.208. The summed E-state index contributed by atoms with van der Waals surface area (Å²) in [4.78, 5) is 2.39. The fourth-order valence-corrected chi connectivity index (χ4v) is 2.34. The molecule has 0 spiro atoms. The molecule has 108 valence electrons. The van der Waals surface area contributed by atoms with Crippen LogP contribution >= 0.6 is 0 Å². The van der Waals surface area contributed by atoms with Crippen molar-refractivity contribution in [3.8, 4) is 0 Å². The number of nitrogens with zero attached hydrogens (tertiary/aromatic N) is 1. The summed E-state index contributed by atoms with van der Waals surface area (Å²) in [7, 11) is 0. The van der Waals surface area contributed by atoms with Crippen LogP contribution in [0.15, 0.2) is 24.3 Å². The highest BCUT2D eigenvalue weighted by molar-refractivity contribution is 5.19. The zero-order chi connectivity index (χ0) is 14.3. The number of halogens is 1. The smallest absolute Gasteiger partial charge is 0.123 e. The summed E-state index contributed by atoms with van der Waals surface area (Å²) in [5.74, 6) is 0.528. The molecular weight excluding hydrogens is 239 g/mol. The Labute approximate surface area is 116 Å². The molecule has 0 saturated carbocycles. The minimum absolute atomic E-state index is 0.0464. The quantitative estimate of drug-likeness (QED) is 0.779. The van der Waals surface area contributed by atoms with Gasteiger partial charge < -0.3 is 10.6 Å². The fourth-order valence-electron chi connectivity index (χ4n) is 2.34. The predicted molar refractivity (Wildman–Crippen MR) is 79.5 cm³/mol. The summed E-state index contributed by atoms with van der Waals surface area (Å²) < 4.78 is 12.9. The molecular formula is C16H27FN2. The number of rotatable bonds is 8. The molecule has 0 fully saturated rings. The third-order valence-electron chi connectivity index (χ3n) is 3.87. The lowest BCUT2D eigenvalue weighted by Crippen LogP contribution is -2.35. The normalized spacial score (nSPS) is 13.2. The summed E-state index contributed by atoms with van der Waals surface area (Å²) in [6.45, 7) is 9.58. The van der Waals surface area contributed by atoms with E-state index in [0.29, 0.717) is 0 Å². The number of hydrogen-bond acceptors (Lipinski definition) is 2. The number of nitrogens with two attached hydrogens (primary N) is 1. The first kappa shape index (κ1) is 16.1. The Bertz CT molecular complexity index is 346. The number of benzene rings is 1. The second kappa shape index (κ2) is 8.28. The molecule has 1 atom stereocenters. The van der Waals surface area contributed by atoms with Crippen molar-refractivity contribution >= 4 is 0 Å². The second-order valence-electron chi connectivity index (χ2n) is 5.19. The molecule has 0 aliphatic carbocycles. The highest BCUT2D eigenvalue weighted by Gasteiger charge is 2.14. The highest BCUT2D eigenvalue weighted by atomic mass is 19.1. The summed E-state index contributed by atoms with van der Waals surface area (Å²) in [6, 6.07) is 6.48. The van der Waals surface area contributed by atoms with Crippen LogP contribution in [0, 0.1) is 11.7 Å². The van der Waals surface area contributed by atoms with Crippen molar-refractivity contribution < 1.29 is 4.39 Å². The molecule has 3 heteroatoms. The largest absolute Gasteiger partial charge is 0.323 e. The van der Waals surface area contributed by atoms with Gasteiger partial charge in [-0.25, -0.2) is 4.39 Å². The topological polar surface area (TPSA) is 29.3 Å². The van der Waals surface area contributed by atoms with Gasteiger partial charge in [-0.15, -0.1) is 0 Å². The van der Waals surface area contributed by atoms with E-state index in [0.717, 1.165) is 31.1 Å². The van der Waals surface area contributed by atoms with E-state index in [4.69, 9.17) is 5.73 Å². The Morgan fingerprint density at radius 2 is 1.63 bits per heavy atom. The van der Waals surface area contributed by atoms with E-state index in [1.807, 2.05) is 0 Å². The fraction of sp³-hybridized carbons (Fsp3) is 0.625. The van der Waals surface area contributed by atoms with Crippen molar-refractivity contribution in [3.05, 3.63) is 35.6 Å². The SMILES string of the molecule is CCC(CC)CN(CC)CC(N)c1ccc(F)cc1. The van der Waals surface area contributed by atoms with E-state index in [1.165, 1.54) is 25.0 Å². The Morgan fingerprint density at radius 1 is 1.05 bits per heavy atom. The van der Waals surface area contributed by atoms with Crippen molar-refractivity contribution in [2.75, 3.05) is 19.6 Å². The molecule has 0 aliphatic heterocycles. The van der Waals surface area contributed by atoms with Crippen molar-refractivity contribution in [3.63, 3.8) is 0 Å². The first-order valence-electron chi connectivity index (χ1n) is 7.34. The standard InChI is InChI=1S/C16H27FN2/c1-4-13(5-2)11-19(6-3)12-16(18)14-7-9-15(17)10-8-14/h7-10,13,16H,4-6,11-12,18H2,1-3H3. The molecule has 1 aromatic rings. The van der Waals surface area contributed by atoms with Gasteiger partial charge in [0.05, 0.1) is 0 Å². The molecule has 1 rings (SSSR count). The molecule has 0 saturated heterocycles. The highest BCUT2D eigenvalue weighted by Crippen LogP contribution is 2.15. The summed E-state index contributed by atoms with van der Waals surface area (Å²) >= 11 is 0. The van der Waals surface area contributed by atoms with Crippen LogP contribution in [0.5, 0.6) is 0 Å². The van der Waals surface area contributed by atoms with Gasteiger partial charge >= 0.3 is 0 Å². The number of likely N-dealkylation sites (N-methyl/N-ethyl adjacent to an activating group) is 1. The van der Waals surface area contributed by atoms with Gasteiger partial charge in [0.1, 0.15) is 5.82 Å². The van der Waals surface area contributed by atoms with Gasteiger partial charge in [-0.3, -0.25) is 0 Å². The average Bonchev–Trinajstić information content (AvgIpc) is 2.43. The van der Waals surface area contributed by atoms with E-state index < -0.39 is 0 Å². The summed E-state index contributed by atoms with van der Waals surface area (Å²) in [5.41, 5.74) is 7.22. The zero-order valence-electron chi connectivity index (χ0n) is 12.4. The van der Waals surface area contributed by atoms with E-state index in [2.05, 4.69) is 25.7 Å². The van der Waals surface area contributed by atoms with E-state index in [1.54, 1.807) is 12.1 Å². The maximum Gasteiger partial charge on any atom is 0.123 e. The van der Waals surface area contributed by atoms with Crippen molar-refractivity contribution in [2.45, 2.75) is 39.7 Å². The van der Waals surface area contributed by atoms with Crippen molar-refractivity contribution in [2.24, 2.45) is 11.7 Å². The molecule has 2 nitrogen and oxygen atoms in total. The van der Waals surface area contributed by atoms with Crippen molar-refractivity contribution in [1.82, 2.24) is 4.90 Å². The maximum atomic E-state index is 12.9. The van der Waals surface area contributed by atoms with Crippen LogP contribution in [0.25, 0.3) is 0 Å². The van der Waals surface area contributed by atoms with Crippen LogP contribution in [0.1, 0.15) is 45.2 Å².